The van der Waals surface area contributed by atoms with Crippen LogP contribution in [-0.2, 0) is 0 Å². The predicted octanol–water partition coefficient (Wildman–Crippen LogP) is 3.40. The van der Waals surface area contributed by atoms with Crippen LogP contribution in [0.15, 0.2) is 42.9 Å². The average Bonchev–Trinajstić information content (AvgIpc) is 2.53. The van der Waals surface area contributed by atoms with E-state index in [0.29, 0.717) is 12.1 Å². The fraction of sp³-hybridized carbons (Fsp3) is 0.353. The largest absolute Gasteiger partial charge is 0.332 e. The molecule has 0 radical (unpaired) electrons. The summed E-state index contributed by atoms with van der Waals surface area (Å²) in [7, 11) is 0. The number of aromatic nitrogens is 2. The normalized spacial score (nSPS) is 12.0. The highest BCUT2D eigenvalue weighted by molar-refractivity contribution is 5.95. The Kier molecular flexibility index (Phi) is 5.04. The molecule has 0 saturated carbocycles. The van der Waals surface area contributed by atoms with E-state index in [2.05, 4.69) is 16.9 Å². The molecule has 2 aromatic rings. The van der Waals surface area contributed by atoms with E-state index in [0.717, 1.165) is 17.7 Å². The van der Waals surface area contributed by atoms with Crippen LogP contribution in [-0.4, -0.2) is 27.3 Å². The third kappa shape index (κ3) is 3.27. The minimum absolute atomic E-state index is 0.0340. The van der Waals surface area contributed by atoms with Crippen LogP contribution in [0.4, 0.5) is 0 Å². The van der Waals surface area contributed by atoms with Crippen LogP contribution < -0.4 is 0 Å². The number of aryl methyl sites for hydroxylation is 1. The molecule has 0 unspecified atom stereocenters. The molecule has 0 aliphatic rings. The Hall–Kier alpha value is -2.23. The molecule has 0 fully saturated rings. The zero-order valence-corrected chi connectivity index (χ0v) is 12.8. The molecule has 4 heteroatoms. The van der Waals surface area contributed by atoms with E-state index < -0.39 is 0 Å². The molecule has 4 nitrogen and oxygen atoms in total. The van der Waals surface area contributed by atoms with Crippen molar-refractivity contribution in [2.75, 3.05) is 6.54 Å². The minimum Gasteiger partial charge on any atom is -0.332 e. The fourth-order valence-corrected chi connectivity index (χ4v) is 2.59. The van der Waals surface area contributed by atoms with Crippen LogP contribution >= 0.6 is 0 Å². The van der Waals surface area contributed by atoms with Gasteiger partial charge in [-0.15, -0.1) is 0 Å². The van der Waals surface area contributed by atoms with Crippen LogP contribution in [0.3, 0.4) is 0 Å². The summed E-state index contributed by atoms with van der Waals surface area (Å²) in [4.78, 5) is 23.0. The van der Waals surface area contributed by atoms with Crippen molar-refractivity contribution < 1.29 is 4.79 Å². The van der Waals surface area contributed by atoms with Crippen molar-refractivity contribution in [1.29, 1.82) is 0 Å². The standard InChI is InChI=1S/C17H21N3O/c1-4-16(14-8-11-18-12-9-14)20(5-2)17(21)15-7-6-10-19-13(15)3/h6-12,16H,4-5H2,1-3H3/t16-/m0/s1. The summed E-state index contributed by atoms with van der Waals surface area (Å²) in [6.07, 6.45) is 6.11. The first kappa shape index (κ1) is 15.2. The van der Waals surface area contributed by atoms with Crippen molar-refractivity contribution in [2.24, 2.45) is 0 Å². The van der Waals surface area contributed by atoms with Gasteiger partial charge in [0.05, 0.1) is 11.6 Å². The molecule has 0 N–H and O–H groups in total. The molecule has 110 valence electrons. The lowest BCUT2D eigenvalue weighted by atomic mass is 10.0. The zero-order chi connectivity index (χ0) is 15.2. The molecular weight excluding hydrogens is 262 g/mol. The number of nitrogens with zero attached hydrogens (tertiary/aromatic N) is 3. The topological polar surface area (TPSA) is 46.1 Å². The lowest BCUT2D eigenvalue weighted by Gasteiger charge is -2.31. The smallest absolute Gasteiger partial charge is 0.256 e. The summed E-state index contributed by atoms with van der Waals surface area (Å²) in [6.45, 7) is 6.63. The van der Waals surface area contributed by atoms with Gasteiger partial charge >= 0.3 is 0 Å². The van der Waals surface area contributed by atoms with E-state index in [9.17, 15) is 4.79 Å². The van der Waals surface area contributed by atoms with Gasteiger partial charge in [-0.05, 0) is 50.1 Å². The van der Waals surface area contributed by atoms with Crippen LogP contribution in [0, 0.1) is 6.92 Å². The number of amides is 1. The molecule has 0 aliphatic carbocycles. The highest BCUT2D eigenvalue weighted by Gasteiger charge is 2.24. The second-order valence-electron chi connectivity index (χ2n) is 4.93. The Balaban J connectivity index is 2.34. The summed E-state index contributed by atoms with van der Waals surface area (Å²) >= 11 is 0. The third-order valence-electron chi connectivity index (χ3n) is 3.69. The van der Waals surface area contributed by atoms with E-state index in [1.807, 2.05) is 43.0 Å². The summed E-state index contributed by atoms with van der Waals surface area (Å²) < 4.78 is 0. The summed E-state index contributed by atoms with van der Waals surface area (Å²) in [6, 6.07) is 7.65. The van der Waals surface area contributed by atoms with Crippen molar-refractivity contribution in [3.05, 3.63) is 59.7 Å². The number of rotatable bonds is 5. The molecule has 1 amide bonds. The Morgan fingerprint density at radius 1 is 1.19 bits per heavy atom. The van der Waals surface area contributed by atoms with Crippen LogP contribution in [0.25, 0.3) is 0 Å². The van der Waals surface area contributed by atoms with Gasteiger partial charge in [0.2, 0.25) is 0 Å². The minimum atomic E-state index is 0.0340. The van der Waals surface area contributed by atoms with Gasteiger partial charge in [-0.1, -0.05) is 6.92 Å². The van der Waals surface area contributed by atoms with Crippen molar-refractivity contribution in [2.45, 2.75) is 33.2 Å². The summed E-state index contributed by atoms with van der Waals surface area (Å²) in [5.41, 5.74) is 2.56. The van der Waals surface area contributed by atoms with Gasteiger partial charge in [-0.25, -0.2) is 0 Å². The SMILES string of the molecule is CC[C@@H](c1ccncc1)N(CC)C(=O)c1cccnc1C. The second-order valence-corrected chi connectivity index (χ2v) is 4.93. The van der Waals surface area contributed by atoms with Gasteiger partial charge in [-0.3, -0.25) is 14.8 Å². The van der Waals surface area contributed by atoms with E-state index in [1.54, 1.807) is 18.6 Å². The number of carbonyl (C=O) groups excluding carboxylic acids is 1. The highest BCUT2D eigenvalue weighted by atomic mass is 16.2. The number of pyridine rings is 2. The Labute approximate surface area is 125 Å². The van der Waals surface area contributed by atoms with Gasteiger partial charge in [0.1, 0.15) is 0 Å². The Morgan fingerprint density at radius 2 is 1.90 bits per heavy atom. The maximum absolute atomic E-state index is 12.8. The maximum Gasteiger partial charge on any atom is 0.256 e. The first-order chi connectivity index (χ1) is 10.2. The predicted molar refractivity (Wildman–Crippen MR) is 83.0 cm³/mol. The molecular formula is C17H21N3O. The van der Waals surface area contributed by atoms with Crippen molar-refractivity contribution in [3.63, 3.8) is 0 Å². The number of hydrogen-bond acceptors (Lipinski definition) is 3. The quantitative estimate of drug-likeness (QED) is 0.845. The monoisotopic (exact) mass is 283 g/mol. The second kappa shape index (κ2) is 6.97. The van der Waals surface area contributed by atoms with Gasteiger partial charge in [0.25, 0.3) is 5.91 Å². The lowest BCUT2D eigenvalue weighted by molar-refractivity contribution is 0.0681. The van der Waals surface area contributed by atoms with E-state index >= 15 is 0 Å². The first-order valence-electron chi connectivity index (χ1n) is 7.31. The van der Waals surface area contributed by atoms with Crippen LogP contribution in [0.5, 0.6) is 0 Å². The first-order valence-corrected chi connectivity index (χ1v) is 7.31. The molecule has 2 aromatic heterocycles. The molecule has 2 rings (SSSR count). The van der Waals surface area contributed by atoms with Gasteiger partial charge in [0, 0.05) is 30.8 Å². The Bertz CT molecular complexity index is 598. The molecule has 21 heavy (non-hydrogen) atoms. The fourth-order valence-electron chi connectivity index (χ4n) is 2.59. The molecule has 0 saturated heterocycles. The van der Waals surface area contributed by atoms with Gasteiger partial charge in [0.15, 0.2) is 0 Å². The summed E-state index contributed by atoms with van der Waals surface area (Å²) in [5, 5.41) is 0. The van der Waals surface area contributed by atoms with Crippen molar-refractivity contribution >= 4 is 5.91 Å². The van der Waals surface area contributed by atoms with E-state index in [-0.39, 0.29) is 11.9 Å². The summed E-state index contributed by atoms with van der Waals surface area (Å²) in [5.74, 6) is 0.0340. The van der Waals surface area contributed by atoms with E-state index in [4.69, 9.17) is 0 Å². The molecule has 0 bridgehead atoms. The van der Waals surface area contributed by atoms with E-state index in [1.165, 1.54) is 0 Å². The van der Waals surface area contributed by atoms with Crippen LogP contribution in [0.2, 0.25) is 0 Å². The molecule has 2 heterocycles. The molecule has 0 aliphatic heterocycles. The lowest BCUT2D eigenvalue weighted by Crippen LogP contribution is -2.35. The maximum atomic E-state index is 12.8. The van der Waals surface area contributed by atoms with Crippen LogP contribution in [0.1, 0.15) is 47.9 Å². The number of hydrogen-bond donors (Lipinski definition) is 0. The molecule has 0 spiro atoms. The highest BCUT2D eigenvalue weighted by Crippen LogP contribution is 2.25. The molecule has 0 aromatic carbocycles. The van der Waals surface area contributed by atoms with Gasteiger partial charge in [-0.2, -0.15) is 0 Å². The van der Waals surface area contributed by atoms with Crippen molar-refractivity contribution in [3.8, 4) is 0 Å². The Morgan fingerprint density at radius 3 is 2.48 bits per heavy atom. The third-order valence-corrected chi connectivity index (χ3v) is 3.69. The van der Waals surface area contributed by atoms with Gasteiger partial charge < -0.3 is 4.90 Å². The average molecular weight is 283 g/mol. The molecule has 1 atom stereocenters. The zero-order valence-electron chi connectivity index (χ0n) is 12.8. The van der Waals surface area contributed by atoms with Crippen molar-refractivity contribution in [1.82, 2.24) is 14.9 Å². The number of carbonyl (C=O) groups is 1.